The minimum absolute atomic E-state index is 1.03. The highest BCUT2D eigenvalue weighted by Crippen LogP contribution is 2.14. The Morgan fingerprint density at radius 1 is 0.600 bits per heavy atom. The summed E-state index contributed by atoms with van der Waals surface area (Å²) in [6.45, 7) is -2.51. The van der Waals surface area contributed by atoms with Crippen molar-refractivity contribution in [1.29, 1.82) is 0 Å². The van der Waals surface area contributed by atoms with Gasteiger partial charge in [-0.3, -0.25) is 0 Å². The van der Waals surface area contributed by atoms with E-state index in [9.17, 15) is 0 Å². The lowest BCUT2D eigenvalue weighted by Gasteiger charge is -2.31. The van der Waals surface area contributed by atoms with Crippen LogP contribution in [0.2, 0.25) is 0 Å². The molecule has 0 aliphatic rings. The lowest BCUT2D eigenvalue weighted by Crippen LogP contribution is -2.48. The topological polar surface area (TPSA) is 0 Å². The van der Waals surface area contributed by atoms with E-state index in [0.29, 0.717) is 0 Å². The van der Waals surface area contributed by atoms with Crippen LogP contribution in [0.15, 0.2) is 60.7 Å². The first-order valence-corrected chi connectivity index (χ1v) is 8.72. The van der Waals surface area contributed by atoms with Crippen molar-refractivity contribution in [3.8, 4) is 0 Å². The van der Waals surface area contributed by atoms with E-state index in [4.69, 9.17) is 22.2 Å². The minimum atomic E-state index is -2.51. The molecular formula is C12H10Cl2Si-. The second kappa shape index (κ2) is 4.39. The van der Waals surface area contributed by atoms with Crippen LogP contribution in [-0.2, 0) is 0 Å². The molecule has 0 aliphatic heterocycles. The summed E-state index contributed by atoms with van der Waals surface area (Å²) in [6, 6.07) is 19.7. The molecule has 0 fully saturated rings. The number of rotatable bonds is 2. The van der Waals surface area contributed by atoms with Crippen LogP contribution < -0.4 is 10.4 Å². The van der Waals surface area contributed by atoms with Gasteiger partial charge in [-0.15, -0.1) is 0 Å². The van der Waals surface area contributed by atoms with E-state index in [-0.39, 0.29) is 0 Å². The molecule has 0 N–H and O–H groups in total. The highest BCUT2D eigenvalue weighted by atomic mass is 35.7. The minimum Gasteiger partial charge on any atom is -0.325 e. The van der Waals surface area contributed by atoms with E-state index in [1.54, 1.807) is 0 Å². The molecule has 0 aromatic heterocycles. The van der Waals surface area contributed by atoms with Crippen molar-refractivity contribution in [3.05, 3.63) is 60.7 Å². The van der Waals surface area contributed by atoms with Crippen molar-refractivity contribution < 1.29 is 0 Å². The van der Waals surface area contributed by atoms with E-state index >= 15 is 0 Å². The van der Waals surface area contributed by atoms with Gasteiger partial charge in [0.15, 0.2) is 0 Å². The van der Waals surface area contributed by atoms with E-state index in [2.05, 4.69) is 0 Å². The molecule has 0 bridgehead atoms. The Balaban J connectivity index is 2.44. The van der Waals surface area contributed by atoms with Crippen LogP contribution in [-0.4, -0.2) is 6.69 Å². The summed E-state index contributed by atoms with van der Waals surface area (Å²) < 4.78 is 0. The third kappa shape index (κ3) is 2.25. The van der Waals surface area contributed by atoms with E-state index in [1.807, 2.05) is 60.7 Å². The Labute approximate surface area is 99.9 Å². The summed E-state index contributed by atoms with van der Waals surface area (Å²) in [4.78, 5) is 0. The molecular weight excluding hydrogens is 243 g/mol. The number of halogens is 2. The first-order valence-electron chi connectivity index (χ1n) is 4.70. The van der Waals surface area contributed by atoms with Gasteiger partial charge in [-0.2, -0.15) is 10.4 Å². The lowest BCUT2D eigenvalue weighted by atomic mass is 10.4. The molecule has 0 atom stereocenters. The van der Waals surface area contributed by atoms with Crippen LogP contribution in [0.3, 0.4) is 0 Å². The van der Waals surface area contributed by atoms with E-state index < -0.39 is 6.69 Å². The molecule has 2 aromatic carbocycles. The molecule has 0 saturated carbocycles. The molecule has 2 aromatic rings. The van der Waals surface area contributed by atoms with Gasteiger partial charge in [-0.05, 0) is 0 Å². The average molecular weight is 253 g/mol. The van der Waals surface area contributed by atoms with Gasteiger partial charge >= 0.3 is 0 Å². The van der Waals surface area contributed by atoms with Crippen molar-refractivity contribution in [2.45, 2.75) is 0 Å². The fourth-order valence-corrected chi connectivity index (χ4v) is 4.53. The molecule has 0 heterocycles. The number of hydrogen-bond donors (Lipinski definition) is 0. The third-order valence-corrected chi connectivity index (χ3v) is 7.01. The molecule has 0 saturated heterocycles. The SMILES string of the molecule is Cl[Si-](Cl)(c1ccccc1)c1ccccc1. The zero-order valence-corrected chi connectivity index (χ0v) is 10.5. The fourth-order valence-electron chi connectivity index (χ4n) is 1.46. The van der Waals surface area contributed by atoms with Gasteiger partial charge in [0.05, 0.1) is 6.69 Å². The fraction of sp³-hybridized carbons (Fsp3) is 0. The monoisotopic (exact) mass is 252 g/mol. The first-order chi connectivity index (χ1) is 7.21. The molecule has 0 spiro atoms. The standard InChI is InChI=1S/C12H10Cl2Si/c13-15(14,11-7-3-1-4-8-11)12-9-5-2-6-10-12/h1-10H/q-1. The summed E-state index contributed by atoms with van der Waals surface area (Å²) >= 11 is 13.0. The zero-order chi connectivity index (χ0) is 10.7. The van der Waals surface area contributed by atoms with Gasteiger partial charge < -0.3 is 22.2 Å². The molecule has 0 radical (unpaired) electrons. The zero-order valence-electron chi connectivity index (χ0n) is 8.03. The number of hydrogen-bond acceptors (Lipinski definition) is 0. The summed E-state index contributed by atoms with van der Waals surface area (Å²) in [6.07, 6.45) is 0. The van der Waals surface area contributed by atoms with Crippen molar-refractivity contribution in [2.24, 2.45) is 0 Å². The second-order valence-corrected chi connectivity index (χ2v) is 9.59. The van der Waals surface area contributed by atoms with Crippen LogP contribution in [0.1, 0.15) is 0 Å². The lowest BCUT2D eigenvalue weighted by molar-refractivity contribution is 1.74. The summed E-state index contributed by atoms with van der Waals surface area (Å²) in [5.74, 6) is 0. The van der Waals surface area contributed by atoms with Gasteiger partial charge in [-0.1, -0.05) is 60.7 Å². The molecule has 0 aliphatic carbocycles. The van der Waals surface area contributed by atoms with Crippen molar-refractivity contribution in [3.63, 3.8) is 0 Å². The van der Waals surface area contributed by atoms with Crippen LogP contribution in [0.4, 0.5) is 0 Å². The van der Waals surface area contributed by atoms with E-state index in [0.717, 1.165) is 10.4 Å². The Kier molecular flexibility index (Phi) is 3.15. The molecule has 0 nitrogen and oxygen atoms in total. The van der Waals surface area contributed by atoms with Gasteiger partial charge in [0.2, 0.25) is 0 Å². The number of benzene rings is 2. The Hall–Kier alpha value is -0.763. The van der Waals surface area contributed by atoms with Crippen molar-refractivity contribution in [2.75, 3.05) is 0 Å². The molecule has 77 valence electrons. The van der Waals surface area contributed by atoms with Crippen molar-refractivity contribution >= 4 is 39.2 Å². The van der Waals surface area contributed by atoms with Crippen LogP contribution in [0.25, 0.3) is 0 Å². The van der Waals surface area contributed by atoms with Gasteiger partial charge in [-0.25, -0.2) is 0 Å². The highest BCUT2D eigenvalue weighted by molar-refractivity contribution is 7.56. The average Bonchev–Trinajstić information content (AvgIpc) is 2.31. The summed E-state index contributed by atoms with van der Waals surface area (Å²) in [5, 5.41) is 2.05. The maximum absolute atomic E-state index is 6.49. The smallest absolute Gasteiger partial charge is 0.0921 e. The van der Waals surface area contributed by atoms with Crippen LogP contribution in [0, 0.1) is 0 Å². The maximum Gasteiger partial charge on any atom is 0.0921 e. The Morgan fingerprint density at radius 3 is 1.27 bits per heavy atom. The predicted octanol–water partition coefficient (Wildman–Crippen LogP) is 2.72. The van der Waals surface area contributed by atoms with Crippen molar-refractivity contribution in [1.82, 2.24) is 0 Å². The summed E-state index contributed by atoms with van der Waals surface area (Å²) in [7, 11) is 0. The third-order valence-electron chi connectivity index (χ3n) is 2.27. The maximum atomic E-state index is 6.49. The Bertz CT molecular complexity index is 384. The molecule has 0 amide bonds. The van der Waals surface area contributed by atoms with Crippen LogP contribution in [0.5, 0.6) is 0 Å². The molecule has 3 heteroatoms. The molecule has 0 unspecified atom stereocenters. The van der Waals surface area contributed by atoms with Gasteiger partial charge in [0.1, 0.15) is 0 Å². The van der Waals surface area contributed by atoms with Crippen LogP contribution >= 0.6 is 22.2 Å². The first kappa shape index (κ1) is 10.7. The largest absolute Gasteiger partial charge is 0.325 e. The predicted molar refractivity (Wildman–Crippen MR) is 69.6 cm³/mol. The summed E-state index contributed by atoms with van der Waals surface area (Å²) in [5.41, 5.74) is 0. The second-order valence-electron chi connectivity index (χ2n) is 3.31. The van der Waals surface area contributed by atoms with Gasteiger partial charge in [0.25, 0.3) is 0 Å². The Morgan fingerprint density at radius 2 is 0.933 bits per heavy atom. The molecule has 2 rings (SSSR count). The highest BCUT2D eigenvalue weighted by Gasteiger charge is 2.17. The molecule has 15 heavy (non-hydrogen) atoms. The van der Waals surface area contributed by atoms with E-state index in [1.165, 1.54) is 0 Å². The van der Waals surface area contributed by atoms with Gasteiger partial charge in [0, 0.05) is 0 Å². The normalized spacial score (nSPS) is 11.3. The quantitative estimate of drug-likeness (QED) is 0.570.